The topological polar surface area (TPSA) is 34.0 Å². The smallest absolute Gasteiger partial charge is 0.138 e. The Bertz CT molecular complexity index is 763. The van der Waals surface area contributed by atoms with Gasteiger partial charge >= 0.3 is 0 Å². The third-order valence-electron chi connectivity index (χ3n) is 3.77. The molecule has 4 heteroatoms. The highest BCUT2D eigenvalue weighted by molar-refractivity contribution is 5.48. The van der Waals surface area contributed by atoms with Crippen molar-refractivity contribution in [2.45, 2.75) is 13.5 Å². The maximum atomic E-state index is 4.20. The summed E-state index contributed by atoms with van der Waals surface area (Å²) in [5.74, 6) is 0. The van der Waals surface area contributed by atoms with E-state index < -0.39 is 0 Å². The standard InChI is InChI=1S/C19H20N4/c1-3-11-22(18-7-5-4-6-8-18)13-17-9-10-19(16(2)12-17)23-15-20-14-21-23/h3-10,12,14-15H,1,11,13H2,2H3. The van der Waals surface area contributed by atoms with E-state index in [0.717, 1.165) is 18.8 Å². The summed E-state index contributed by atoms with van der Waals surface area (Å²) in [6.07, 6.45) is 5.20. The first-order valence-corrected chi connectivity index (χ1v) is 7.63. The molecule has 0 aliphatic rings. The first-order chi connectivity index (χ1) is 11.3. The molecule has 3 rings (SSSR count). The van der Waals surface area contributed by atoms with E-state index in [1.54, 1.807) is 17.3 Å². The summed E-state index contributed by atoms with van der Waals surface area (Å²) < 4.78 is 1.79. The molecule has 3 aromatic rings. The fourth-order valence-electron chi connectivity index (χ4n) is 2.68. The average Bonchev–Trinajstić information content (AvgIpc) is 3.10. The Morgan fingerprint density at radius 2 is 2.00 bits per heavy atom. The van der Waals surface area contributed by atoms with Crippen molar-refractivity contribution in [3.8, 4) is 5.69 Å². The van der Waals surface area contributed by atoms with Crippen LogP contribution in [0.2, 0.25) is 0 Å². The van der Waals surface area contributed by atoms with Gasteiger partial charge in [-0.2, -0.15) is 5.10 Å². The lowest BCUT2D eigenvalue weighted by molar-refractivity contribution is 0.852. The zero-order valence-electron chi connectivity index (χ0n) is 13.3. The van der Waals surface area contributed by atoms with Crippen LogP contribution in [0.25, 0.3) is 5.69 Å². The number of para-hydroxylation sites is 1. The first kappa shape index (κ1) is 15.0. The van der Waals surface area contributed by atoms with Crippen LogP contribution >= 0.6 is 0 Å². The molecule has 116 valence electrons. The predicted molar refractivity (Wildman–Crippen MR) is 93.8 cm³/mol. The second-order valence-electron chi connectivity index (χ2n) is 5.47. The van der Waals surface area contributed by atoms with Crippen LogP contribution in [-0.2, 0) is 6.54 Å². The number of anilines is 1. The van der Waals surface area contributed by atoms with Crippen LogP contribution in [-0.4, -0.2) is 21.3 Å². The average molecular weight is 304 g/mol. The Kier molecular flexibility index (Phi) is 4.52. The highest BCUT2D eigenvalue weighted by Gasteiger charge is 2.08. The van der Waals surface area contributed by atoms with Crippen LogP contribution in [0.15, 0.2) is 73.8 Å². The second kappa shape index (κ2) is 6.92. The molecule has 0 aliphatic carbocycles. The summed E-state index contributed by atoms with van der Waals surface area (Å²) in [7, 11) is 0. The second-order valence-corrected chi connectivity index (χ2v) is 5.47. The Balaban J connectivity index is 1.84. The van der Waals surface area contributed by atoms with E-state index in [-0.39, 0.29) is 0 Å². The van der Waals surface area contributed by atoms with E-state index in [1.807, 2.05) is 12.1 Å². The Hall–Kier alpha value is -2.88. The van der Waals surface area contributed by atoms with Gasteiger partial charge in [-0.05, 0) is 36.2 Å². The van der Waals surface area contributed by atoms with E-state index in [9.17, 15) is 0 Å². The van der Waals surface area contributed by atoms with Crippen LogP contribution < -0.4 is 4.90 Å². The lowest BCUT2D eigenvalue weighted by Crippen LogP contribution is -2.22. The monoisotopic (exact) mass is 304 g/mol. The first-order valence-electron chi connectivity index (χ1n) is 7.63. The number of hydrogen-bond acceptors (Lipinski definition) is 3. The number of nitrogens with zero attached hydrogens (tertiary/aromatic N) is 4. The van der Waals surface area contributed by atoms with E-state index >= 15 is 0 Å². The summed E-state index contributed by atoms with van der Waals surface area (Å²) in [5.41, 5.74) is 4.70. The highest BCUT2D eigenvalue weighted by Crippen LogP contribution is 2.20. The minimum atomic E-state index is 0.813. The summed E-state index contributed by atoms with van der Waals surface area (Å²) in [6, 6.07) is 16.8. The molecule has 0 unspecified atom stereocenters. The van der Waals surface area contributed by atoms with E-state index in [4.69, 9.17) is 0 Å². The number of aromatic nitrogens is 3. The highest BCUT2D eigenvalue weighted by atomic mass is 15.3. The van der Waals surface area contributed by atoms with Crippen LogP contribution in [0.5, 0.6) is 0 Å². The van der Waals surface area contributed by atoms with Gasteiger partial charge in [0.15, 0.2) is 0 Å². The van der Waals surface area contributed by atoms with Crippen molar-refractivity contribution in [1.82, 2.24) is 14.8 Å². The minimum Gasteiger partial charge on any atom is -0.363 e. The number of rotatable bonds is 6. The van der Waals surface area contributed by atoms with Gasteiger partial charge in [0.05, 0.1) is 5.69 Å². The van der Waals surface area contributed by atoms with Gasteiger partial charge in [-0.3, -0.25) is 0 Å². The van der Waals surface area contributed by atoms with Gasteiger partial charge in [0, 0.05) is 18.8 Å². The molecule has 0 amide bonds. The van der Waals surface area contributed by atoms with Crippen molar-refractivity contribution < 1.29 is 0 Å². The number of hydrogen-bond donors (Lipinski definition) is 0. The summed E-state index contributed by atoms with van der Waals surface area (Å²) in [4.78, 5) is 6.31. The largest absolute Gasteiger partial charge is 0.363 e. The van der Waals surface area contributed by atoms with Gasteiger partial charge in [0.25, 0.3) is 0 Å². The molecule has 0 N–H and O–H groups in total. The lowest BCUT2D eigenvalue weighted by atomic mass is 10.1. The Labute approximate surface area is 136 Å². The zero-order chi connectivity index (χ0) is 16.1. The van der Waals surface area contributed by atoms with Gasteiger partial charge in [0.2, 0.25) is 0 Å². The molecule has 0 spiro atoms. The maximum absolute atomic E-state index is 4.20. The molecular formula is C19H20N4. The molecule has 0 bridgehead atoms. The third kappa shape index (κ3) is 3.48. The van der Waals surface area contributed by atoms with Crippen molar-refractivity contribution in [3.63, 3.8) is 0 Å². The van der Waals surface area contributed by atoms with Crippen molar-refractivity contribution in [1.29, 1.82) is 0 Å². The van der Waals surface area contributed by atoms with E-state index in [0.29, 0.717) is 0 Å². The fourth-order valence-corrected chi connectivity index (χ4v) is 2.68. The molecule has 1 heterocycles. The van der Waals surface area contributed by atoms with Crippen LogP contribution in [0.1, 0.15) is 11.1 Å². The summed E-state index contributed by atoms with van der Waals surface area (Å²) >= 11 is 0. The van der Waals surface area contributed by atoms with Gasteiger partial charge < -0.3 is 4.90 Å². The normalized spacial score (nSPS) is 10.5. The summed E-state index contributed by atoms with van der Waals surface area (Å²) in [5, 5.41) is 4.20. The molecule has 0 radical (unpaired) electrons. The van der Waals surface area contributed by atoms with Crippen molar-refractivity contribution in [3.05, 3.63) is 85.0 Å². The van der Waals surface area contributed by atoms with Crippen molar-refractivity contribution in [2.75, 3.05) is 11.4 Å². The lowest BCUT2D eigenvalue weighted by Gasteiger charge is -2.24. The van der Waals surface area contributed by atoms with E-state index in [2.05, 4.69) is 70.9 Å². The third-order valence-corrected chi connectivity index (χ3v) is 3.77. The Morgan fingerprint density at radius 1 is 1.17 bits per heavy atom. The number of aryl methyl sites for hydroxylation is 1. The molecule has 23 heavy (non-hydrogen) atoms. The van der Waals surface area contributed by atoms with Crippen LogP contribution in [0.4, 0.5) is 5.69 Å². The zero-order valence-corrected chi connectivity index (χ0v) is 13.3. The van der Waals surface area contributed by atoms with Gasteiger partial charge in [-0.15, -0.1) is 6.58 Å². The SMILES string of the molecule is C=CCN(Cc1ccc(-n2cncn2)c(C)c1)c1ccccc1. The van der Waals surface area contributed by atoms with Crippen LogP contribution in [0, 0.1) is 6.92 Å². The van der Waals surface area contributed by atoms with Crippen molar-refractivity contribution >= 4 is 5.69 Å². The van der Waals surface area contributed by atoms with Gasteiger partial charge in [-0.1, -0.05) is 36.4 Å². The number of benzene rings is 2. The molecular weight excluding hydrogens is 284 g/mol. The van der Waals surface area contributed by atoms with Gasteiger partial charge in [0.1, 0.15) is 12.7 Å². The predicted octanol–water partition coefficient (Wildman–Crippen LogP) is 3.77. The summed E-state index contributed by atoms with van der Waals surface area (Å²) in [6.45, 7) is 7.63. The fraction of sp³-hybridized carbons (Fsp3) is 0.158. The van der Waals surface area contributed by atoms with Crippen molar-refractivity contribution in [2.24, 2.45) is 0 Å². The quantitative estimate of drug-likeness (QED) is 0.650. The van der Waals surface area contributed by atoms with Gasteiger partial charge in [-0.25, -0.2) is 9.67 Å². The van der Waals surface area contributed by atoms with Crippen LogP contribution in [0.3, 0.4) is 0 Å². The van der Waals surface area contributed by atoms with E-state index in [1.165, 1.54) is 16.8 Å². The molecule has 2 aromatic carbocycles. The molecule has 0 saturated heterocycles. The maximum Gasteiger partial charge on any atom is 0.138 e. The molecule has 4 nitrogen and oxygen atoms in total. The molecule has 0 fully saturated rings. The molecule has 0 saturated carbocycles. The Morgan fingerprint density at radius 3 is 2.65 bits per heavy atom. The molecule has 0 aliphatic heterocycles. The molecule has 1 aromatic heterocycles. The minimum absolute atomic E-state index is 0.813. The molecule has 0 atom stereocenters.